The summed E-state index contributed by atoms with van der Waals surface area (Å²) in [5, 5.41) is 0. The Kier molecular flexibility index (Phi) is 4.14. The van der Waals surface area contributed by atoms with Crippen molar-refractivity contribution >= 4 is 0 Å². The first-order chi connectivity index (χ1) is 9.01. The molecular weight excluding hydrogens is 236 g/mol. The van der Waals surface area contributed by atoms with Crippen molar-refractivity contribution in [3.8, 4) is 17.6 Å². The molecule has 3 N–H and O–H groups in total. The number of ether oxygens (including phenoxy) is 1. The first-order valence-corrected chi connectivity index (χ1v) is 6.69. The summed E-state index contributed by atoms with van der Waals surface area (Å²) in [6.07, 6.45) is 0.732. The molecule has 1 aliphatic rings. The normalized spacial score (nSPS) is 19.1. The minimum atomic E-state index is 0.0310. The lowest BCUT2D eigenvalue weighted by Gasteiger charge is -2.19. The highest BCUT2D eigenvalue weighted by Gasteiger charge is 2.30. The van der Waals surface area contributed by atoms with Crippen LogP contribution in [0.1, 0.15) is 38.7 Å². The van der Waals surface area contributed by atoms with Crippen LogP contribution < -0.4 is 16.0 Å². The lowest BCUT2D eigenvalue weighted by molar-refractivity contribution is 0.300. The van der Waals surface area contributed by atoms with Crippen molar-refractivity contribution in [1.82, 2.24) is 5.43 Å². The molecule has 2 rings (SSSR count). The molecule has 0 saturated carbocycles. The summed E-state index contributed by atoms with van der Waals surface area (Å²) in [7, 11) is 0. The number of hydrazine groups is 1. The van der Waals surface area contributed by atoms with Crippen LogP contribution in [0.25, 0.3) is 0 Å². The Hall–Kier alpha value is -1.50. The molecule has 0 amide bonds. The summed E-state index contributed by atoms with van der Waals surface area (Å²) in [5.74, 6) is 13.4. The highest BCUT2D eigenvalue weighted by molar-refractivity contribution is 5.40. The second kappa shape index (κ2) is 5.64. The average molecular weight is 258 g/mol. The second-order valence-electron chi connectivity index (χ2n) is 5.98. The lowest BCUT2D eigenvalue weighted by atomic mass is 9.91. The Labute approximate surface area is 115 Å². The van der Waals surface area contributed by atoms with Crippen LogP contribution in [0.2, 0.25) is 0 Å². The van der Waals surface area contributed by atoms with Gasteiger partial charge in [-0.3, -0.25) is 11.3 Å². The van der Waals surface area contributed by atoms with Gasteiger partial charge in [0, 0.05) is 29.4 Å². The Morgan fingerprint density at radius 2 is 2.16 bits per heavy atom. The van der Waals surface area contributed by atoms with Gasteiger partial charge < -0.3 is 4.74 Å². The molecule has 3 nitrogen and oxygen atoms in total. The molecule has 0 fully saturated rings. The van der Waals surface area contributed by atoms with Crippen molar-refractivity contribution in [2.24, 2.45) is 11.3 Å². The van der Waals surface area contributed by atoms with E-state index in [1.54, 1.807) is 0 Å². The van der Waals surface area contributed by atoms with E-state index in [1.807, 2.05) is 18.2 Å². The summed E-state index contributed by atoms with van der Waals surface area (Å²) in [5.41, 5.74) is 4.14. The largest absolute Gasteiger partial charge is 0.493 e. The van der Waals surface area contributed by atoms with Gasteiger partial charge in [0.05, 0.1) is 6.61 Å². The highest BCUT2D eigenvalue weighted by Crippen LogP contribution is 2.36. The van der Waals surface area contributed by atoms with Crippen molar-refractivity contribution in [3.63, 3.8) is 0 Å². The van der Waals surface area contributed by atoms with Crippen LogP contribution >= 0.6 is 0 Å². The smallest absolute Gasteiger partial charge is 0.122 e. The molecule has 0 aliphatic carbocycles. The van der Waals surface area contributed by atoms with Gasteiger partial charge >= 0.3 is 0 Å². The summed E-state index contributed by atoms with van der Waals surface area (Å²) < 4.78 is 5.70. The zero-order valence-electron chi connectivity index (χ0n) is 11.9. The van der Waals surface area contributed by atoms with Crippen LogP contribution in [0, 0.1) is 17.3 Å². The number of hydrogen-bond acceptors (Lipinski definition) is 3. The number of nitrogens with two attached hydrogens (primary N) is 1. The number of rotatable bonds is 3. The third-order valence-electron chi connectivity index (χ3n) is 3.22. The molecule has 102 valence electrons. The van der Waals surface area contributed by atoms with Gasteiger partial charge in [0.25, 0.3) is 0 Å². The van der Waals surface area contributed by atoms with Gasteiger partial charge in [0.1, 0.15) is 5.75 Å². The number of para-hydroxylation sites is 1. The Morgan fingerprint density at radius 1 is 1.42 bits per heavy atom. The molecular formula is C16H22N2O. The third-order valence-corrected chi connectivity index (χ3v) is 3.22. The van der Waals surface area contributed by atoms with Gasteiger partial charge in [-0.2, -0.15) is 0 Å². The van der Waals surface area contributed by atoms with E-state index in [0.29, 0.717) is 6.61 Å². The van der Waals surface area contributed by atoms with Gasteiger partial charge in [-0.1, -0.05) is 24.1 Å². The van der Waals surface area contributed by atoms with Gasteiger partial charge in [-0.25, -0.2) is 0 Å². The molecule has 2 unspecified atom stereocenters. The Balaban J connectivity index is 2.09. The van der Waals surface area contributed by atoms with E-state index in [9.17, 15) is 0 Å². The quantitative estimate of drug-likeness (QED) is 0.497. The molecule has 2 atom stereocenters. The molecule has 0 aromatic heterocycles. The van der Waals surface area contributed by atoms with E-state index in [2.05, 4.69) is 44.1 Å². The van der Waals surface area contributed by atoms with Gasteiger partial charge in [-0.05, 0) is 26.8 Å². The minimum absolute atomic E-state index is 0.0310. The van der Waals surface area contributed by atoms with E-state index in [4.69, 9.17) is 10.6 Å². The molecule has 3 heteroatoms. The number of hydrogen-bond donors (Lipinski definition) is 2. The standard InChI is InChI=1S/C16H22N2O/c1-16(2,3)10-6-8-14(18-17)13-11-19-15-9-5-4-7-12(13)15/h4-5,7,9,13-14,18H,8,11,17H2,1-3H3. The van der Waals surface area contributed by atoms with E-state index in [-0.39, 0.29) is 17.4 Å². The first-order valence-electron chi connectivity index (χ1n) is 6.69. The van der Waals surface area contributed by atoms with Crippen LogP contribution in [-0.4, -0.2) is 12.6 Å². The minimum Gasteiger partial charge on any atom is -0.493 e. The SMILES string of the molecule is CC(C)(C)C#CCC(NN)C1COc2ccccc21. The van der Waals surface area contributed by atoms with Crippen LogP contribution in [0.15, 0.2) is 24.3 Å². The van der Waals surface area contributed by atoms with Gasteiger partial charge in [0.2, 0.25) is 0 Å². The van der Waals surface area contributed by atoms with Gasteiger partial charge in [-0.15, -0.1) is 5.92 Å². The fourth-order valence-corrected chi connectivity index (χ4v) is 2.26. The van der Waals surface area contributed by atoms with Crippen molar-refractivity contribution in [2.75, 3.05) is 6.61 Å². The zero-order chi connectivity index (χ0) is 13.9. The van der Waals surface area contributed by atoms with Crippen LogP contribution in [0.5, 0.6) is 5.75 Å². The number of benzene rings is 1. The van der Waals surface area contributed by atoms with E-state index in [0.717, 1.165) is 12.2 Å². The van der Waals surface area contributed by atoms with Gasteiger partial charge in [0.15, 0.2) is 0 Å². The fraction of sp³-hybridized carbons (Fsp3) is 0.500. The van der Waals surface area contributed by atoms with Crippen molar-refractivity contribution in [3.05, 3.63) is 29.8 Å². The molecule has 1 aromatic rings. The molecule has 0 bridgehead atoms. The topological polar surface area (TPSA) is 47.3 Å². The maximum Gasteiger partial charge on any atom is 0.122 e. The monoisotopic (exact) mass is 258 g/mol. The van der Waals surface area contributed by atoms with Crippen molar-refractivity contribution in [2.45, 2.75) is 39.2 Å². The second-order valence-corrected chi connectivity index (χ2v) is 5.98. The maximum absolute atomic E-state index is 5.70. The molecule has 0 spiro atoms. The van der Waals surface area contributed by atoms with Crippen LogP contribution in [0.3, 0.4) is 0 Å². The molecule has 0 saturated heterocycles. The van der Waals surface area contributed by atoms with E-state index < -0.39 is 0 Å². The fourth-order valence-electron chi connectivity index (χ4n) is 2.26. The number of fused-ring (bicyclic) bond motifs is 1. The zero-order valence-corrected chi connectivity index (χ0v) is 11.9. The average Bonchev–Trinajstić information content (AvgIpc) is 2.77. The van der Waals surface area contributed by atoms with Crippen LogP contribution in [-0.2, 0) is 0 Å². The maximum atomic E-state index is 5.70. The van der Waals surface area contributed by atoms with E-state index in [1.165, 1.54) is 5.56 Å². The predicted molar refractivity (Wildman–Crippen MR) is 77.6 cm³/mol. The predicted octanol–water partition coefficient (Wildman–Crippen LogP) is 2.43. The number of nitrogens with one attached hydrogen (secondary N) is 1. The Bertz CT molecular complexity index is 493. The van der Waals surface area contributed by atoms with Crippen LogP contribution in [0.4, 0.5) is 0 Å². The van der Waals surface area contributed by atoms with E-state index >= 15 is 0 Å². The first kappa shape index (κ1) is 13.9. The molecule has 19 heavy (non-hydrogen) atoms. The van der Waals surface area contributed by atoms with Crippen molar-refractivity contribution in [1.29, 1.82) is 0 Å². The molecule has 1 aromatic carbocycles. The summed E-state index contributed by atoms with van der Waals surface area (Å²) in [6.45, 7) is 7.00. The molecule has 1 aliphatic heterocycles. The summed E-state index contributed by atoms with van der Waals surface area (Å²) in [4.78, 5) is 0. The van der Waals surface area contributed by atoms with Crippen molar-refractivity contribution < 1.29 is 4.74 Å². The molecule has 1 heterocycles. The highest BCUT2D eigenvalue weighted by atomic mass is 16.5. The Morgan fingerprint density at radius 3 is 2.84 bits per heavy atom. The third kappa shape index (κ3) is 3.50. The molecule has 0 radical (unpaired) electrons. The lowest BCUT2D eigenvalue weighted by Crippen LogP contribution is -2.40. The summed E-state index contributed by atoms with van der Waals surface area (Å²) >= 11 is 0. The summed E-state index contributed by atoms with van der Waals surface area (Å²) in [6, 6.07) is 8.26.